The summed E-state index contributed by atoms with van der Waals surface area (Å²) in [7, 11) is -3.85. The maximum atomic E-state index is 12.8. The molecule has 3 N–H and O–H groups in total. The van der Waals surface area contributed by atoms with Crippen molar-refractivity contribution in [2.75, 3.05) is 11.9 Å². The Morgan fingerprint density at radius 1 is 1.03 bits per heavy atom. The number of aryl methyl sites for hydroxylation is 1. The Labute approximate surface area is 196 Å². The number of primary sulfonamides is 1. The van der Waals surface area contributed by atoms with Gasteiger partial charge < -0.3 is 10.1 Å². The summed E-state index contributed by atoms with van der Waals surface area (Å²) < 4.78 is 29.0. The molecule has 0 atom stereocenters. The van der Waals surface area contributed by atoms with Crippen molar-refractivity contribution in [3.05, 3.63) is 64.6 Å². The standard InChI is InChI=1S/C23H26N4O6S/c1-2-3-4-7-14-27-22(29)19-9-6-5-8-18(19)21(26-27)23(30)33-15-20(28)25-16-10-12-17(13-11-16)34(24,31)32/h5-6,8-13H,2-4,7,14-15H2,1H3,(H,25,28)(H2,24,31,32). The topological polar surface area (TPSA) is 150 Å². The van der Waals surface area contributed by atoms with E-state index >= 15 is 0 Å². The molecule has 34 heavy (non-hydrogen) atoms. The molecule has 0 radical (unpaired) electrons. The summed E-state index contributed by atoms with van der Waals surface area (Å²) in [5.74, 6) is -1.47. The van der Waals surface area contributed by atoms with Gasteiger partial charge >= 0.3 is 5.97 Å². The number of nitrogens with two attached hydrogens (primary N) is 1. The van der Waals surface area contributed by atoms with Gasteiger partial charge in [0.15, 0.2) is 12.3 Å². The minimum absolute atomic E-state index is 0.0454. The minimum atomic E-state index is -3.85. The van der Waals surface area contributed by atoms with E-state index in [1.807, 2.05) is 0 Å². The summed E-state index contributed by atoms with van der Waals surface area (Å²) in [5, 5.41) is 12.5. The van der Waals surface area contributed by atoms with Crippen LogP contribution in [0.4, 0.5) is 5.69 Å². The van der Waals surface area contributed by atoms with Crippen molar-refractivity contribution in [3.63, 3.8) is 0 Å². The van der Waals surface area contributed by atoms with Gasteiger partial charge in [-0.15, -0.1) is 0 Å². The van der Waals surface area contributed by atoms with Gasteiger partial charge in [-0.05, 0) is 36.8 Å². The van der Waals surface area contributed by atoms with Gasteiger partial charge in [-0.3, -0.25) is 9.59 Å². The van der Waals surface area contributed by atoms with E-state index in [2.05, 4.69) is 17.3 Å². The summed E-state index contributed by atoms with van der Waals surface area (Å²) in [5.41, 5.74) is -0.0296. The largest absolute Gasteiger partial charge is 0.451 e. The fourth-order valence-electron chi connectivity index (χ4n) is 3.35. The fourth-order valence-corrected chi connectivity index (χ4v) is 3.87. The number of nitrogens with one attached hydrogen (secondary N) is 1. The molecular formula is C23H26N4O6S. The van der Waals surface area contributed by atoms with Crippen LogP contribution < -0.4 is 16.0 Å². The van der Waals surface area contributed by atoms with E-state index in [0.29, 0.717) is 23.0 Å². The lowest BCUT2D eigenvalue weighted by Crippen LogP contribution is -2.28. The highest BCUT2D eigenvalue weighted by molar-refractivity contribution is 7.89. The summed E-state index contributed by atoms with van der Waals surface area (Å²) >= 11 is 0. The predicted octanol–water partition coefficient (Wildman–Crippen LogP) is 2.42. The predicted molar refractivity (Wildman–Crippen MR) is 127 cm³/mol. The molecule has 1 amide bonds. The highest BCUT2D eigenvalue weighted by Gasteiger charge is 2.19. The average molecular weight is 487 g/mol. The zero-order valence-electron chi connectivity index (χ0n) is 18.7. The molecule has 0 unspecified atom stereocenters. The average Bonchev–Trinajstić information content (AvgIpc) is 2.81. The van der Waals surface area contributed by atoms with Crippen LogP contribution in [-0.4, -0.2) is 36.7 Å². The molecule has 0 saturated carbocycles. The second-order valence-electron chi connectivity index (χ2n) is 7.68. The number of ether oxygens (including phenoxy) is 1. The van der Waals surface area contributed by atoms with Crippen molar-refractivity contribution in [1.29, 1.82) is 0 Å². The molecule has 3 rings (SSSR count). The zero-order chi connectivity index (χ0) is 24.7. The van der Waals surface area contributed by atoms with E-state index in [1.165, 1.54) is 28.9 Å². The number of aromatic nitrogens is 2. The number of carbonyl (C=O) groups excluding carboxylic acids is 2. The van der Waals surface area contributed by atoms with E-state index in [-0.39, 0.29) is 16.1 Å². The lowest BCUT2D eigenvalue weighted by atomic mass is 10.1. The number of benzene rings is 2. The third-order valence-electron chi connectivity index (χ3n) is 5.09. The van der Waals surface area contributed by atoms with E-state index in [9.17, 15) is 22.8 Å². The normalized spacial score (nSPS) is 11.4. The number of carbonyl (C=O) groups is 2. The number of hydrogen-bond acceptors (Lipinski definition) is 7. The number of nitrogens with zero attached hydrogens (tertiary/aromatic N) is 2. The van der Waals surface area contributed by atoms with Crippen LogP contribution in [0.2, 0.25) is 0 Å². The lowest BCUT2D eigenvalue weighted by molar-refractivity contribution is -0.119. The first-order chi connectivity index (χ1) is 16.2. The maximum absolute atomic E-state index is 12.8. The molecule has 0 aliphatic heterocycles. The van der Waals surface area contributed by atoms with E-state index in [4.69, 9.17) is 9.88 Å². The van der Waals surface area contributed by atoms with Crippen molar-refractivity contribution in [2.24, 2.45) is 5.14 Å². The van der Waals surface area contributed by atoms with Gasteiger partial charge in [0.25, 0.3) is 11.5 Å². The quantitative estimate of drug-likeness (QED) is 0.330. The summed E-state index contributed by atoms with van der Waals surface area (Å²) in [4.78, 5) is 37.6. The van der Waals surface area contributed by atoms with Crippen molar-refractivity contribution in [3.8, 4) is 0 Å². The Bertz CT molecular complexity index is 1350. The smallest absolute Gasteiger partial charge is 0.359 e. The molecule has 180 valence electrons. The van der Waals surface area contributed by atoms with Crippen LogP contribution in [0.15, 0.2) is 58.2 Å². The molecule has 10 nitrogen and oxygen atoms in total. The molecule has 0 saturated heterocycles. The Kier molecular flexibility index (Phi) is 8.13. The number of hydrogen-bond donors (Lipinski definition) is 2. The van der Waals surface area contributed by atoms with Crippen molar-refractivity contribution < 1.29 is 22.7 Å². The van der Waals surface area contributed by atoms with Gasteiger partial charge in [0.2, 0.25) is 10.0 Å². The molecule has 3 aromatic rings. The number of rotatable bonds is 10. The fraction of sp³-hybridized carbons (Fsp3) is 0.304. The first-order valence-electron chi connectivity index (χ1n) is 10.8. The van der Waals surface area contributed by atoms with Gasteiger partial charge in [0.05, 0.1) is 10.3 Å². The lowest BCUT2D eigenvalue weighted by Gasteiger charge is -2.11. The van der Waals surface area contributed by atoms with Crippen molar-refractivity contribution in [1.82, 2.24) is 9.78 Å². The molecule has 0 fully saturated rings. The van der Waals surface area contributed by atoms with Crippen LogP contribution >= 0.6 is 0 Å². The van der Waals surface area contributed by atoms with Crippen LogP contribution in [0.25, 0.3) is 10.8 Å². The molecule has 11 heteroatoms. The Balaban J connectivity index is 1.71. The second kappa shape index (κ2) is 11.0. The number of anilines is 1. The Morgan fingerprint density at radius 2 is 1.71 bits per heavy atom. The molecule has 0 bridgehead atoms. The first-order valence-corrected chi connectivity index (χ1v) is 12.3. The summed E-state index contributed by atoms with van der Waals surface area (Å²) in [6, 6.07) is 11.8. The molecule has 1 heterocycles. The van der Waals surface area contributed by atoms with E-state index < -0.39 is 28.5 Å². The van der Waals surface area contributed by atoms with Gasteiger partial charge in [0, 0.05) is 17.6 Å². The number of unbranched alkanes of at least 4 members (excludes halogenated alkanes) is 3. The first kappa shape index (κ1) is 25.1. The van der Waals surface area contributed by atoms with Gasteiger partial charge in [-0.2, -0.15) is 5.10 Å². The molecule has 0 aliphatic carbocycles. The van der Waals surface area contributed by atoms with Crippen molar-refractivity contribution >= 4 is 38.4 Å². The third-order valence-corrected chi connectivity index (χ3v) is 6.01. The second-order valence-corrected chi connectivity index (χ2v) is 9.24. The van der Waals surface area contributed by atoms with Crippen LogP contribution in [0, 0.1) is 0 Å². The van der Waals surface area contributed by atoms with E-state index in [1.54, 1.807) is 24.3 Å². The molecule has 1 aromatic heterocycles. The number of fused-ring (bicyclic) bond motifs is 1. The molecule has 0 spiro atoms. The van der Waals surface area contributed by atoms with Gasteiger partial charge in [-0.25, -0.2) is 23.0 Å². The van der Waals surface area contributed by atoms with Gasteiger partial charge in [-0.1, -0.05) is 44.4 Å². The highest BCUT2D eigenvalue weighted by Crippen LogP contribution is 2.16. The molecule has 0 aliphatic rings. The van der Waals surface area contributed by atoms with Crippen LogP contribution in [-0.2, 0) is 26.1 Å². The zero-order valence-corrected chi connectivity index (χ0v) is 19.5. The van der Waals surface area contributed by atoms with Crippen LogP contribution in [0.3, 0.4) is 0 Å². The number of sulfonamides is 1. The molecular weight excluding hydrogens is 460 g/mol. The highest BCUT2D eigenvalue weighted by atomic mass is 32.2. The maximum Gasteiger partial charge on any atom is 0.359 e. The number of esters is 1. The Hall–Kier alpha value is -3.57. The third kappa shape index (κ3) is 6.27. The van der Waals surface area contributed by atoms with Crippen LogP contribution in [0.1, 0.15) is 43.1 Å². The summed E-state index contributed by atoms with van der Waals surface area (Å²) in [6.07, 6.45) is 3.78. The summed E-state index contributed by atoms with van der Waals surface area (Å²) in [6.45, 7) is 1.87. The van der Waals surface area contributed by atoms with Crippen molar-refractivity contribution in [2.45, 2.75) is 44.0 Å². The molecule has 2 aromatic carbocycles. The number of amides is 1. The van der Waals surface area contributed by atoms with E-state index in [0.717, 1.165) is 25.7 Å². The SMILES string of the molecule is CCCCCCn1nc(C(=O)OCC(=O)Nc2ccc(S(N)(=O)=O)cc2)c2ccccc2c1=O. The van der Waals surface area contributed by atoms with Gasteiger partial charge in [0.1, 0.15) is 0 Å². The monoisotopic (exact) mass is 486 g/mol. The van der Waals surface area contributed by atoms with Crippen LogP contribution in [0.5, 0.6) is 0 Å². The minimum Gasteiger partial charge on any atom is -0.451 e. The Morgan fingerprint density at radius 3 is 2.35 bits per heavy atom.